The molecule has 0 saturated carbocycles. The van der Waals surface area contributed by atoms with E-state index < -0.39 is 0 Å². The summed E-state index contributed by atoms with van der Waals surface area (Å²) in [6.45, 7) is 3.72. The maximum absolute atomic E-state index is 11.7. The highest BCUT2D eigenvalue weighted by atomic mass is 16.5. The van der Waals surface area contributed by atoms with Crippen LogP contribution in [-0.4, -0.2) is 12.1 Å². The Morgan fingerprint density at radius 2 is 2.06 bits per heavy atom. The zero-order valence-corrected chi connectivity index (χ0v) is 9.92. The van der Waals surface area contributed by atoms with Crippen LogP contribution in [0.25, 0.3) is 10.9 Å². The molecule has 2 aromatic rings. The molecule has 1 aromatic carbocycles. The molecule has 0 aliphatic heterocycles. The second kappa shape index (κ2) is 3.95. The van der Waals surface area contributed by atoms with E-state index in [0.29, 0.717) is 16.8 Å². The Morgan fingerprint density at radius 1 is 1.35 bits per heavy atom. The van der Waals surface area contributed by atoms with Crippen LogP contribution in [0.4, 0.5) is 0 Å². The van der Waals surface area contributed by atoms with Crippen molar-refractivity contribution in [3.05, 3.63) is 39.2 Å². The number of nitrogens with one attached hydrogen (secondary N) is 1. The molecule has 0 aliphatic rings. The lowest BCUT2D eigenvalue weighted by Gasteiger charge is -2.09. The third-order valence-corrected chi connectivity index (χ3v) is 2.82. The molecular weight excluding hydrogens is 216 g/mol. The number of rotatable bonds is 1. The van der Waals surface area contributed by atoms with Gasteiger partial charge in [0, 0.05) is 5.39 Å². The molecule has 1 aromatic heterocycles. The highest BCUT2D eigenvalue weighted by Gasteiger charge is 2.12. The van der Waals surface area contributed by atoms with E-state index in [2.05, 4.69) is 4.98 Å². The summed E-state index contributed by atoms with van der Waals surface area (Å²) in [7, 11) is 1.56. The smallest absolute Gasteiger partial charge is 0.266 e. The molecule has 1 heterocycles. The van der Waals surface area contributed by atoms with Gasteiger partial charge >= 0.3 is 0 Å². The largest absolute Gasteiger partial charge is 0.495 e. The van der Waals surface area contributed by atoms with Gasteiger partial charge in [-0.2, -0.15) is 5.26 Å². The Kier molecular flexibility index (Phi) is 2.60. The zero-order chi connectivity index (χ0) is 12.6. The van der Waals surface area contributed by atoms with Crippen LogP contribution in [0.2, 0.25) is 0 Å². The Balaban J connectivity index is 3.02. The topological polar surface area (TPSA) is 65.9 Å². The molecule has 4 heteroatoms. The van der Waals surface area contributed by atoms with Crippen molar-refractivity contribution in [3.8, 4) is 11.8 Å². The van der Waals surface area contributed by atoms with Crippen LogP contribution in [-0.2, 0) is 0 Å². The van der Waals surface area contributed by atoms with Crippen LogP contribution in [0.1, 0.15) is 16.7 Å². The molecule has 0 saturated heterocycles. The molecule has 0 fully saturated rings. The molecule has 17 heavy (non-hydrogen) atoms. The Labute approximate surface area is 98.5 Å². The number of methoxy groups -OCH3 is 1. The van der Waals surface area contributed by atoms with Crippen molar-refractivity contribution in [2.24, 2.45) is 0 Å². The summed E-state index contributed by atoms with van der Waals surface area (Å²) in [5, 5.41) is 9.80. The molecular formula is C13H12N2O2. The van der Waals surface area contributed by atoms with Crippen molar-refractivity contribution in [2.75, 3.05) is 7.11 Å². The molecule has 0 aliphatic carbocycles. The standard InChI is InChI=1S/C13H12N2O2/c1-7-4-9-8(2)10(6-14)13(16)15-12(9)11(5-7)17-3/h4-5H,1-3H3,(H,15,16). The second-order valence-electron chi connectivity index (χ2n) is 3.96. The van der Waals surface area contributed by atoms with Crippen molar-refractivity contribution in [2.45, 2.75) is 13.8 Å². The lowest BCUT2D eigenvalue weighted by atomic mass is 10.0. The molecule has 1 N–H and O–H groups in total. The van der Waals surface area contributed by atoms with E-state index in [1.54, 1.807) is 14.0 Å². The van der Waals surface area contributed by atoms with Crippen molar-refractivity contribution in [1.82, 2.24) is 4.98 Å². The van der Waals surface area contributed by atoms with Gasteiger partial charge in [0.1, 0.15) is 17.4 Å². The number of nitriles is 1. The number of ether oxygens (including phenoxy) is 1. The van der Waals surface area contributed by atoms with Gasteiger partial charge in [-0.1, -0.05) is 0 Å². The van der Waals surface area contributed by atoms with Gasteiger partial charge in [0.15, 0.2) is 0 Å². The van der Waals surface area contributed by atoms with Gasteiger partial charge in [-0.05, 0) is 37.1 Å². The van der Waals surface area contributed by atoms with E-state index in [-0.39, 0.29) is 11.1 Å². The molecule has 86 valence electrons. The molecule has 0 spiro atoms. The minimum absolute atomic E-state index is 0.158. The Bertz CT molecular complexity index is 693. The van der Waals surface area contributed by atoms with E-state index in [4.69, 9.17) is 10.00 Å². The normalized spacial score (nSPS) is 10.2. The number of aromatic amines is 1. The van der Waals surface area contributed by atoms with Crippen molar-refractivity contribution >= 4 is 10.9 Å². The first-order chi connectivity index (χ1) is 8.08. The number of aromatic nitrogens is 1. The number of aryl methyl sites for hydroxylation is 2. The fraction of sp³-hybridized carbons (Fsp3) is 0.231. The number of fused-ring (bicyclic) bond motifs is 1. The Hall–Kier alpha value is -2.28. The van der Waals surface area contributed by atoms with Crippen LogP contribution < -0.4 is 10.3 Å². The average molecular weight is 228 g/mol. The summed E-state index contributed by atoms with van der Waals surface area (Å²) in [4.78, 5) is 14.4. The van der Waals surface area contributed by atoms with E-state index in [9.17, 15) is 4.79 Å². The molecule has 0 amide bonds. The maximum atomic E-state index is 11.7. The fourth-order valence-corrected chi connectivity index (χ4v) is 1.95. The van der Waals surface area contributed by atoms with Crippen LogP contribution >= 0.6 is 0 Å². The minimum Gasteiger partial charge on any atom is -0.495 e. The van der Waals surface area contributed by atoms with Gasteiger partial charge in [0.05, 0.1) is 12.6 Å². The number of nitrogens with zero attached hydrogens (tertiary/aromatic N) is 1. The van der Waals surface area contributed by atoms with E-state index >= 15 is 0 Å². The van der Waals surface area contributed by atoms with Gasteiger partial charge in [0.25, 0.3) is 5.56 Å². The monoisotopic (exact) mass is 228 g/mol. The fourth-order valence-electron chi connectivity index (χ4n) is 1.95. The van der Waals surface area contributed by atoms with Crippen molar-refractivity contribution in [3.63, 3.8) is 0 Å². The van der Waals surface area contributed by atoms with E-state index in [1.165, 1.54) is 0 Å². The van der Waals surface area contributed by atoms with Crippen LogP contribution in [0.15, 0.2) is 16.9 Å². The van der Waals surface area contributed by atoms with Gasteiger partial charge in [-0.15, -0.1) is 0 Å². The summed E-state index contributed by atoms with van der Waals surface area (Å²) >= 11 is 0. The first kappa shape index (κ1) is 11.2. The summed E-state index contributed by atoms with van der Waals surface area (Å²) < 4.78 is 5.24. The molecule has 4 nitrogen and oxygen atoms in total. The quantitative estimate of drug-likeness (QED) is 0.812. The molecule has 0 bridgehead atoms. The first-order valence-corrected chi connectivity index (χ1v) is 5.19. The molecule has 0 atom stereocenters. The number of H-pyrrole nitrogens is 1. The number of hydrogen-bond acceptors (Lipinski definition) is 3. The predicted octanol–water partition coefficient (Wildman–Crippen LogP) is 2.03. The SMILES string of the molecule is COc1cc(C)cc2c(C)c(C#N)c(=O)[nH]c12. The number of hydrogen-bond donors (Lipinski definition) is 1. The third kappa shape index (κ3) is 1.66. The van der Waals surface area contributed by atoms with Crippen LogP contribution in [0, 0.1) is 25.2 Å². The lowest BCUT2D eigenvalue weighted by Crippen LogP contribution is -2.12. The van der Waals surface area contributed by atoms with Gasteiger partial charge in [-0.25, -0.2) is 0 Å². The van der Waals surface area contributed by atoms with Gasteiger partial charge < -0.3 is 9.72 Å². The molecule has 2 rings (SSSR count). The van der Waals surface area contributed by atoms with Gasteiger partial charge in [0.2, 0.25) is 0 Å². The predicted molar refractivity (Wildman–Crippen MR) is 65.3 cm³/mol. The molecule has 0 radical (unpaired) electrons. The molecule has 0 unspecified atom stereocenters. The number of pyridine rings is 1. The summed E-state index contributed by atoms with van der Waals surface area (Å²) in [6, 6.07) is 5.71. The highest BCUT2D eigenvalue weighted by Crippen LogP contribution is 2.27. The minimum atomic E-state index is -0.375. The lowest BCUT2D eigenvalue weighted by molar-refractivity contribution is 0.418. The van der Waals surface area contributed by atoms with Crippen LogP contribution in [0.3, 0.4) is 0 Å². The third-order valence-electron chi connectivity index (χ3n) is 2.82. The first-order valence-electron chi connectivity index (χ1n) is 5.19. The van der Waals surface area contributed by atoms with E-state index in [1.807, 2.05) is 25.1 Å². The van der Waals surface area contributed by atoms with Crippen molar-refractivity contribution < 1.29 is 4.74 Å². The number of benzene rings is 1. The summed E-state index contributed by atoms with van der Waals surface area (Å²) in [5.41, 5.74) is 2.13. The summed E-state index contributed by atoms with van der Waals surface area (Å²) in [5.74, 6) is 0.615. The van der Waals surface area contributed by atoms with Crippen molar-refractivity contribution in [1.29, 1.82) is 5.26 Å². The van der Waals surface area contributed by atoms with E-state index in [0.717, 1.165) is 10.9 Å². The Morgan fingerprint density at radius 3 is 2.65 bits per heavy atom. The maximum Gasteiger partial charge on any atom is 0.266 e. The summed E-state index contributed by atoms with van der Waals surface area (Å²) in [6.07, 6.45) is 0. The highest BCUT2D eigenvalue weighted by molar-refractivity contribution is 5.89. The second-order valence-corrected chi connectivity index (χ2v) is 3.96. The average Bonchev–Trinajstić information content (AvgIpc) is 2.30. The van der Waals surface area contributed by atoms with Crippen LogP contribution in [0.5, 0.6) is 5.75 Å². The van der Waals surface area contributed by atoms with Gasteiger partial charge in [-0.3, -0.25) is 4.79 Å². The zero-order valence-electron chi connectivity index (χ0n) is 9.92.